The lowest BCUT2D eigenvalue weighted by molar-refractivity contribution is -0.106. The zero-order valence-corrected chi connectivity index (χ0v) is 10.4. The number of nitrogens with zero attached hydrogens (tertiary/aromatic N) is 1. The molecule has 4 nitrogen and oxygen atoms in total. The molecule has 1 aliphatic carbocycles. The first-order valence-corrected chi connectivity index (χ1v) is 5.59. The summed E-state index contributed by atoms with van der Waals surface area (Å²) in [6, 6.07) is 6.18. The number of benzene rings is 1. The van der Waals surface area contributed by atoms with Gasteiger partial charge in [-0.3, -0.25) is 0 Å². The second kappa shape index (κ2) is 5.29. The molecule has 0 unspecified atom stereocenters. The van der Waals surface area contributed by atoms with E-state index in [4.69, 9.17) is 14.3 Å². The molecule has 1 aromatic carbocycles. The van der Waals surface area contributed by atoms with Crippen molar-refractivity contribution < 1.29 is 14.3 Å². The van der Waals surface area contributed by atoms with Crippen molar-refractivity contribution in [3.05, 3.63) is 34.9 Å². The minimum Gasteiger partial charge on any atom is -0.399 e. The third-order valence-electron chi connectivity index (χ3n) is 2.97. The van der Waals surface area contributed by atoms with Crippen molar-refractivity contribution in [3.8, 4) is 0 Å². The van der Waals surface area contributed by atoms with Crippen molar-refractivity contribution in [2.75, 3.05) is 21.3 Å². The van der Waals surface area contributed by atoms with Crippen LogP contribution in [0.1, 0.15) is 29.4 Å². The van der Waals surface area contributed by atoms with Gasteiger partial charge in [0.15, 0.2) is 6.29 Å². The predicted octanol–water partition coefficient (Wildman–Crippen LogP) is 2.27. The van der Waals surface area contributed by atoms with Crippen LogP contribution < -0.4 is 0 Å². The number of hydrogen-bond donors (Lipinski definition) is 0. The molecule has 0 heterocycles. The number of hydrogen-bond acceptors (Lipinski definition) is 4. The van der Waals surface area contributed by atoms with E-state index in [1.807, 2.05) is 6.07 Å². The molecule has 17 heavy (non-hydrogen) atoms. The van der Waals surface area contributed by atoms with Crippen LogP contribution in [0, 0.1) is 0 Å². The summed E-state index contributed by atoms with van der Waals surface area (Å²) < 4.78 is 10.5. The van der Waals surface area contributed by atoms with E-state index in [2.05, 4.69) is 17.3 Å². The lowest BCUT2D eigenvalue weighted by atomic mass is 10.1. The Hall–Kier alpha value is -1.39. The molecule has 1 aliphatic rings. The Kier molecular flexibility index (Phi) is 3.76. The molecule has 0 amide bonds. The largest absolute Gasteiger partial charge is 0.399 e. The third-order valence-corrected chi connectivity index (χ3v) is 2.97. The molecule has 0 saturated heterocycles. The molecule has 0 N–H and O–H groups in total. The van der Waals surface area contributed by atoms with Gasteiger partial charge in [-0.15, -0.1) is 0 Å². The van der Waals surface area contributed by atoms with Gasteiger partial charge in [0, 0.05) is 25.3 Å². The molecular formula is C13H17NO3. The predicted molar refractivity (Wildman–Crippen MR) is 65.1 cm³/mol. The van der Waals surface area contributed by atoms with E-state index in [0.29, 0.717) is 0 Å². The molecule has 2 rings (SSSR count). The lowest BCUT2D eigenvalue weighted by Crippen LogP contribution is -2.04. The number of ether oxygens (including phenoxy) is 2. The van der Waals surface area contributed by atoms with Gasteiger partial charge in [-0.25, -0.2) is 0 Å². The van der Waals surface area contributed by atoms with Crippen molar-refractivity contribution in [1.29, 1.82) is 0 Å². The van der Waals surface area contributed by atoms with Gasteiger partial charge in [-0.2, -0.15) is 0 Å². The van der Waals surface area contributed by atoms with Crippen molar-refractivity contribution in [1.82, 2.24) is 0 Å². The Bertz CT molecular complexity index is 425. The number of rotatable bonds is 4. The maximum atomic E-state index is 5.24. The fourth-order valence-corrected chi connectivity index (χ4v) is 2.21. The van der Waals surface area contributed by atoms with Gasteiger partial charge < -0.3 is 14.3 Å². The summed E-state index contributed by atoms with van der Waals surface area (Å²) in [6.45, 7) is 0. The molecule has 0 radical (unpaired) electrons. The van der Waals surface area contributed by atoms with Gasteiger partial charge in [0.1, 0.15) is 7.11 Å². The average molecular weight is 235 g/mol. The number of methoxy groups -OCH3 is 2. The molecule has 1 aromatic rings. The van der Waals surface area contributed by atoms with E-state index in [0.717, 1.165) is 24.1 Å². The number of aryl methyl sites for hydroxylation is 1. The SMILES string of the molecule is CON=C1CCc2cc(C(OC)OC)ccc21. The third kappa shape index (κ3) is 2.33. The van der Waals surface area contributed by atoms with E-state index in [9.17, 15) is 0 Å². The van der Waals surface area contributed by atoms with E-state index in [1.54, 1.807) is 21.3 Å². The van der Waals surface area contributed by atoms with Gasteiger partial charge in [-0.1, -0.05) is 23.4 Å². The second-order valence-electron chi connectivity index (χ2n) is 3.94. The van der Waals surface area contributed by atoms with E-state index >= 15 is 0 Å². The van der Waals surface area contributed by atoms with Crippen molar-refractivity contribution in [2.24, 2.45) is 5.16 Å². The normalized spacial score (nSPS) is 16.6. The zero-order chi connectivity index (χ0) is 12.3. The fourth-order valence-electron chi connectivity index (χ4n) is 2.21. The van der Waals surface area contributed by atoms with Crippen LogP contribution >= 0.6 is 0 Å². The summed E-state index contributed by atoms with van der Waals surface area (Å²) in [5, 5.41) is 4.03. The molecule has 0 fully saturated rings. The quantitative estimate of drug-likeness (QED) is 0.593. The molecule has 0 atom stereocenters. The van der Waals surface area contributed by atoms with Crippen LogP contribution in [0.5, 0.6) is 0 Å². The minimum absolute atomic E-state index is 0.302. The highest BCUT2D eigenvalue weighted by molar-refractivity contribution is 6.04. The van der Waals surface area contributed by atoms with Crippen molar-refractivity contribution in [3.63, 3.8) is 0 Å². The summed E-state index contributed by atoms with van der Waals surface area (Å²) in [7, 11) is 4.85. The minimum atomic E-state index is -0.302. The van der Waals surface area contributed by atoms with Crippen LogP contribution in [0.4, 0.5) is 0 Å². The Morgan fingerprint density at radius 2 is 1.88 bits per heavy atom. The zero-order valence-electron chi connectivity index (χ0n) is 10.4. The Morgan fingerprint density at radius 3 is 2.53 bits per heavy atom. The summed E-state index contributed by atoms with van der Waals surface area (Å²) in [6.07, 6.45) is 1.62. The number of oxime groups is 1. The van der Waals surface area contributed by atoms with E-state index in [-0.39, 0.29) is 6.29 Å². The topological polar surface area (TPSA) is 40.0 Å². The Morgan fingerprint density at radius 1 is 1.12 bits per heavy atom. The molecule has 0 aliphatic heterocycles. The highest BCUT2D eigenvalue weighted by Gasteiger charge is 2.20. The standard InChI is InChI=1S/C13H17NO3/c1-15-13(16-2)10-4-6-11-9(8-10)5-7-12(11)14-17-3/h4,6,8,13H,5,7H2,1-3H3. The van der Waals surface area contributed by atoms with E-state index < -0.39 is 0 Å². The fraction of sp³-hybridized carbons (Fsp3) is 0.462. The lowest BCUT2D eigenvalue weighted by Gasteiger charge is -2.14. The van der Waals surface area contributed by atoms with Crippen LogP contribution in [0.2, 0.25) is 0 Å². The molecule has 4 heteroatoms. The maximum Gasteiger partial charge on any atom is 0.183 e. The Labute approximate surface area is 101 Å². The van der Waals surface area contributed by atoms with Crippen molar-refractivity contribution in [2.45, 2.75) is 19.1 Å². The molecular weight excluding hydrogens is 218 g/mol. The summed E-state index contributed by atoms with van der Waals surface area (Å²) in [5.74, 6) is 0. The van der Waals surface area contributed by atoms with Gasteiger partial charge >= 0.3 is 0 Å². The first kappa shape index (κ1) is 12.1. The maximum absolute atomic E-state index is 5.24. The average Bonchev–Trinajstić information content (AvgIpc) is 2.74. The summed E-state index contributed by atoms with van der Waals surface area (Å²) in [4.78, 5) is 4.84. The highest BCUT2D eigenvalue weighted by atomic mass is 16.7. The van der Waals surface area contributed by atoms with Crippen molar-refractivity contribution >= 4 is 5.71 Å². The molecule has 0 aromatic heterocycles. The van der Waals surface area contributed by atoms with Crippen LogP contribution in [0.15, 0.2) is 23.4 Å². The van der Waals surface area contributed by atoms with Gasteiger partial charge in [0.2, 0.25) is 0 Å². The molecule has 92 valence electrons. The van der Waals surface area contributed by atoms with Crippen LogP contribution in [0.25, 0.3) is 0 Å². The van der Waals surface area contributed by atoms with Gasteiger partial charge in [0.25, 0.3) is 0 Å². The van der Waals surface area contributed by atoms with Crippen LogP contribution in [-0.4, -0.2) is 27.0 Å². The van der Waals surface area contributed by atoms with Crippen LogP contribution in [-0.2, 0) is 20.7 Å². The molecule has 0 bridgehead atoms. The highest BCUT2D eigenvalue weighted by Crippen LogP contribution is 2.27. The van der Waals surface area contributed by atoms with Gasteiger partial charge in [0.05, 0.1) is 5.71 Å². The second-order valence-corrected chi connectivity index (χ2v) is 3.94. The van der Waals surface area contributed by atoms with Crippen LogP contribution in [0.3, 0.4) is 0 Å². The smallest absolute Gasteiger partial charge is 0.183 e. The van der Waals surface area contributed by atoms with Gasteiger partial charge in [-0.05, 0) is 18.4 Å². The summed E-state index contributed by atoms with van der Waals surface area (Å²) >= 11 is 0. The summed E-state index contributed by atoms with van der Waals surface area (Å²) in [5.41, 5.74) is 4.49. The molecule has 0 saturated carbocycles. The first-order chi connectivity index (χ1) is 8.30. The first-order valence-electron chi connectivity index (χ1n) is 5.59. The number of fused-ring (bicyclic) bond motifs is 1. The molecule has 0 spiro atoms. The van der Waals surface area contributed by atoms with E-state index in [1.165, 1.54) is 11.1 Å². The monoisotopic (exact) mass is 235 g/mol. The Balaban J connectivity index is 2.31.